The molecule has 2 heterocycles. The number of benzene rings is 3. The molecule has 0 aliphatic rings. The second-order valence-corrected chi connectivity index (χ2v) is 8.69. The van der Waals surface area contributed by atoms with Crippen LogP contribution < -0.4 is 0 Å². The second kappa shape index (κ2) is 9.14. The molecule has 0 amide bonds. The lowest BCUT2D eigenvalue weighted by molar-refractivity contribution is 0.364. The van der Waals surface area contributed by atoms with Crippen LogP contribution in [0.15, 0.2) is 83.6 Å². The Balaban J connectivity index is 1.46. The van der Waals surface area contributed by atoms with Gasteiger partial charge in [0.15, 0.2) is 0 Å². The van der Waals surface area contributed by atoms with E-state index in [1.807, 2.05) is 68.7 Å². The fraction of sp³-hybridized carbons (Fsp3) is 0.179. The van der Waals surface area contributed by atoms with Crippen LogP contribution in [0.4, 0.5) is 8.78 Å². The van der Waals surface area contributed by atoms with Crippen molar-refractivity contribution in [3.8, 4) is 11.4 Å². The van der Waals surface area contributed by atoms with Gasteiger partial charge in [-0.05, 0) is 60.2 Å². The highest BCUT2D eigenvalue weighted by atomic mass is 19.1. The zero-order valence-electron chi connectivity index (χ0n) is 19.0. The van der Waals surface area contributed by atoms with Crippen molar-refractivity contribution in [2.75, 3.05) is 0 Å². The predicted molar refractivity (Wildman–Crippen MR) is 127 cm³/mol. The average molecular weight is 457 g/mol. The standard InChI is InChI=1S/C28H24F2N3O/c1-18-4-5-21(12-19(18)2)13-26(23-14-24(29)16-25(30)15-23)28-31-27(32-34-28)22-8-6-20(7-9-22)17-33-10-3-11-33/h3-12,14-16,26H,13,17H2,1-2H3/q-1. The van der Waals surface area contributed by atoms with Crippen molar-refractivity contribution in [2.24, 2.45) is 0 Å². The van der Waals surface area contributed by atoms with Gasteiger partial charge in [0.2, 0.25) is 11.7 Å². The van der Waals surface area contributed by atoms with Crippen LogP contribution in [0.1, 0.15) is 39.6 Å². The Morgan fingerprint density at radius 2 is 1.62 bits per heavy atom. The molecule has 0 aliphatic heterocycles. The normalized spacial score (nSPS) is 12.2. The molecule has 0 N–H and O–H groups in total. The second-order valence-electron chi connectivity index (χ2n) is 8.69. The quantitative estimate of drug-likeness (QED) is 0.260. The minimum absolute atomic E-state index is 0.322. The van der Waals surface area contributed by atoms with Crippen molar-refractivity contribution in [2.45, 2.75) is 32.7 Å². The highest BCUT2D eigenvalue weighted by Gasteiger charge is 2.24. The van der Waals surface area contributed by atoms with E-state index in [2.05, 4.69) is 20.8 Å². The summed E-state index contributed by atoms with van der Waals surface area (Å²) >= 11 is 0. The third kappa shape index (κ3) is 4.71. The number of rotatable bonds is 7. The van der Waals surface area contributed by atoms with Gasteiger partial charge >= 0.3 is 0 Å². The Hall–Kier alpha value is -3.93. The molecule has 0 radical (unpaired) electrons. The summed E-state index contributed by atoms with van der Waals surface area (Å²) in [7, 11) is 0. The zero-order valence-corrected chi connectivity index (χ0v) is 19.0. The number of nitrogens with zero attached hydrogens (tertiary/aromatic N) is 3. The average Bonchev–Trinajstić information content (AvgIpc) is 3.26. The van der Waals surface area contributed by atoms with E-state index in [9.17, 15) is 8.78 Å². The Morgan fingerprint density at radius 3 is 2.26 bits per heavy atom. The molecule has 5 rings (SSSR count). The summed E-state index contributed by atoms with van der Waals surface area (Å²) in [6, 6.07) is 19.6. The van der Waals surface area contributed by atoms with Gasteiger partial charge in [0.1, 0.15) is 11.6 Å². The minimum atomic E-state index is -0.635. The summed E-state index contributed by atoms with van der Waals surface area (Å²) in [5.41, 5.74) is 5.80. The van der Waals surface area contributed by atoms with Crippen molar-refractivity contribution < 1.29 is 13.3 Å². The number of halogens is 2. The Morgan fingerprint density at radius 1 is 0.912 bits per heavy atom. The Bertz CT molecular complexity index is 1380. The van der Waals surface area contributed by atoms with Gasteiger partial charge in [-0.15, -0.1) is 18.5 Å². The molecule has 4 nitrogen and oxygen atoms in total. The smallest absolute Gasteiger partial charge is 0.234 e. The van der Waals surface area contributed by atoms with Gasteiger partial charge in [-0.1, -0.05) is 47.6 Å². The van der Waals surface area contributed by atoms with E-state index in [1.165, 1.54) is 17.7 Å². The van der Waals surface area contributed by atoms with E-state index in [-0.39, 0.29) is 0 Å². The molecule has 172 valence electrons. The van der Waals surface area contributed by atoms with E-state index in [0.29, 0.717) is 23.7 Å². The summed E-state index contributed by atoms with van der Waals surface area (Å²) < 4.78 is 35.9. The number of hydrogen-bond donors (Lipinski definition) is 0. The van der Waals surface area contributed by atoms with Gasteiger partial charge in [0.25, 0.3) is 0 Å². The number of aryl methyl sites for hydroxylation is 2. The first-order chi connectivity index (χ1) is 16.4. The third-order valence-electron chi connectivity index (χ3n) is 6.17. The van der Waals surface area contributed by atoms with Crippen LogP contribution in [-0.4, -0.2) is 14.7 Å². The fourth-order valence-electron chi connectivity index (χ4n) is 4.07. The van der Waals surface area contributed by atoms with E-state index >= 15 is 0 Å². The molecule has 0 aliphatic carbocycles. The van der Waals surface area contributed by atoms with E-state index in [0.717, 1.165) is 34.9 Å². The molecular weight excluding hydrogens is 432 g/mol. The van der Waals surface area contributed by atoms with E-state index in [1.54, 1.807) is 0 Å². The third-order valence-corrected chi connectivity index (χ3v) is 6.17. The van der Waals surface area contributed by atoms with Crippen molar-refractivity contribution >= 4 is 0 Å². The maximum Gasteiger partial charge on any atom is 0.234 e. The minimum Gasteiger partial charge on any atom is -0.455 e. The lowest BCUT2D eigenvalue weighted by atomic mass is 9.90. The monoisotopic (exact) mass is 456 g/mol. The molecule has 0 saturated carbocycles. The van der Waals surface area contributed by atoms with Crippen LogP contribution >= 0.6 is 0 Å². The molecule has 0 saturated heterocycles. The van der Waals surface area contributed by atoms with Crippen LogP contribution in [0.3, 0.4) is 0 Å². The molecule has 1 atom stereocenters. The Kier molecular flexibility index (Phi) is 5.88. The first-order valence-electron chi connectivity index (χ1n) is 11.2. The van der Waals surface area contributed by atoms with Crippen LogP contribution in [0, 0.1) is 25.5 Å². The summed E-state index contributed by atoms with van der Waals surface area (Å²) in [5.74, 6) is -0.988. The molecular formula is C28H24F2N3O-. The molecule has 0 fully saturated rings. The van der Waals surface area contributed by atoms with E-state index < -0.39 is 17.6 Å². The van der Waals surface area contributed by atoms with Crippen LogP contribution in [0.25, 0.3) is 11.4 Å². The van der Waals surface area contributed by atoms with Crippen molar-refractivity contribution in [1.29, 1.82) is 0 Å². The topological polar surface area (TPSA) is 43.9 Å². The van der Waals surface area contributed by atoms with Gasteiger partial charge < -0.3 is 9.09 Å². The lowest BCUT2D eigenvalue weighted by Gasteiger charge is -2.15. The molecule has 6 heteroatoms. The molecule has 3 aromatic carbocycles. The summed E-state index contributed by atoms with van der Waals surface area (Å²) in [6.45, 7) is 4.89. The summed E-state index contributed by atoms with van der Waals surface area (Å²) in [5, 5.41) is 4.17. The van der Waals surface area contributed by atoms with Crippen LogP contribution in [0.5, 0.6) is 0 Å². The summed E-state index contributed by atoms with van der Waals surface area (Å²) in [6.07, 6.45) is 4.51. The first-order valence-corrected chi connectivity index (χ1v) is 11.2. The predicted octanol–water partition coefficient (Wildman–Crippen LogP) is 6.57. The maximum absolute atomic E-state index is 14.1. The fourth-order valence-corrected chi connectivity index (χ4v) is 4.07. The van der Waals surface area contributed by atoms with Gasteiger partial charge in [-0.25, -0.2) is 8.78 Å². The van der Waals surface area contributed by atoms with Crippen molar-refractivity contribution in [3.05, 3.63) is 124 Å². The first kappa shape index (κ1) is 21.9. The van der Waals surface area contributed by atoms with Crippen LogP contribution in [-0.2, 0) is 13.0 Å². The Labute approximate surface area is 196 Å². The summed E-state index contributed by atoms with van der Waals surface area (Å²) in [4.78, 5) is 4.62. The molecule has 34 heavy (non-hydrogen) atoms. The van der Waals surface area contributed by atoms with Gasteiger partial charge in [0.05, 0.1) is 5.92 Å². The van der Waals surface area contributed by atoms with Crippen molar-refractivity contribution in [3.63, 3.8) is 0 Å². The number of aromatic nitrogens is 3. The molecule has 2 aromatic heterocycles. The highest BCUT2D eigenvalue weighted by molar-refractivity contribution is 5.55. The molecule has 1 unspecified atom stereocenters. The van der Waals surface area contributed by atoms with Gasteiger partial charge in [0, 0.05) is 18.2 Å². The highest BCUT2D eigenvalue weighted by Crippen LogP contribution is 2.31. The van der Waals surface area contributed by atoms with E-state index in [4.69, 9.17) is 4.52 Å². The van der Waals surface area contributed by atoms with Gasteiger partial charge in [-0.3, -0.25) is 0 Å². The van der Waals surface area contributed by atoms with Gasteiger partial charge in [-0.2, -0.15) is 4.98 Å². The van der Waals surface area contributed by atoms with Crippen LogP contribution in [0.2, 0.25) is 0 Å². The molecule has 0 bridgehead atoms. The largest absolute Gasteiger partial charge is 0.455 e. The molecule has 5 aromatic rings. The molecule has 0 spiro atoms. The SMILES string of the molecule is Cc1ccc(CC(c2cc(F)cc(F)c2)c2nc(-c3ccc(Cn4cc[cH-]4)cc3)no2)cc1C. The zero-order chi connectivity index (χ0) is 23.7. The number of hydrogen-bond acceptors (Lipinski definition) is 3. The lowest BCUT2D eigenvalue weighted by Crippen LogP contribution is -2.07. The van der Waals surface area contributed by atoms with Crippen molar-refractivity contribution in [1.82, 2.24) is 14.7 Å². The maximum atomic E-state index is 14.1.